The Labute approximate surface area is 191 Å². The number of fused-ring (bicyclic) bond motifs is 6. The van der Waals surface area contributed by atoms with Crippen molar-refractivity contribution in [2.24, 2.45) is 4.99 Å². The number of aromatic nitrogens is 2. The molecule has 4 heterocycles. The van der Waals surface area contributed by atoms with E-state index in [1.54, 1.807) is 0 Å². The first-order valence-electron chi connectivity index (χ1n) is 11.1. The minimum Gasteiger partial charge on any atom is -0.307 e. The molecule has 0 aliphatic carbocycles. The number of nitrogens with zero attached hydrogens (tertiary/aromatic N) is 4. The predicted molar refractivity (Wildman–Crippen MR) is 136 cm³/mol. The van der Waals surface area contributed by atoms with Gasteiger partial charge in [0, 0.05) is 41.5 Å². The first-order chi connectivity index (χ1) is 16.4. The summed E-state index contributed by atoms with van der Waals surface area (Å²) in [5, 5.41) is 5.03. The van der Waals surface area contributed by atoms with E-state index in [1.165, 1.54) is 27.1 Å². The normalized spacial score (nSPS) is 15.5. The summed E-state index contributed by atoms with van der Waals surface area (Å²) in [4.78, 5) is 11.5. The summed E-state index contributed by atoms with van der Waals surface area (Å²) in [6.45, 7) is 0.772. The second kappa shape index (κ2) is 7.04. The highest BCUT2D eigenvalue weighted by molar-refractivity contribution is 6.23. The average Bonchev–Trinajstić information content (AvgIpc) is 3.23. The number of aliphatic imine (C=N–C) groups is 1. The summed E-state index contributed by atoms with van der Waals surface area (Å²) in [5.41, 5.74) is 5.71. The average molecular weight is 425 g/mol. The number of allylic oxidation sites excluding steroid dienone is 3. The summed E-state index contributed by atoms with van der Waals surface area (Å²) in [6.07, 6.45) is 12.1. The Morgan fingerprint density at radius 3 is 2.48 bits per heavy atom. The molecular formula is C29H20N4. The molecule has 7 rings (SSSR count). The molecule has 2 aliphatic rings. The molecule has 0 bridgehead atoms. The molecule has 33 heavy (non-hydrogen) atoms. The number of para-hydroxylation sites is 1. The van der Waals surface area contributed by atoms with E-state index in [0.717, 1.165) is 34.9 Å². The number of pyridine rings is 1. The molecular weight excluding hydrogens is 404 g/mol. The Bertz CT molecular complexity index is 1680. The van der Waals surface area contributed by atoms with Crippen molar-refractivity contribution in [3.05, 3.63) is 121 Å². The lowest BCUT2D eigenvalue weighted by molar-refractivity contribution is 0.562. The van der Waals surface area contributed by atoms with E-state index < -0.39 is 0 Å². The van der Waals surface area contributed by atoms with Gasteiger partial charge in [0.25, 0.3) is 0 Å². The maximum atomic E-state index is 5.04. The van der Waals surface area contributed by atoms with E-state index in [0.29, 0.717) is 0 Å². The molecule has 0 saturated heterocycles. The third kappa shape index (κ3) is 2.64. The van der Waals surface area contributed by atoms with Gasteiger partial charge in [-0.25, -0.2) is 4.99 Å². The zero-order valence-electron chi connectivity index (χ0n) is 17.9. The van der Waals surface area contributed by atoms with Gasteiger partial charge in [-0.05, 0) is 46.7 Å². The minimum absolute atomic E-state index is 0.772. The van der Waals surface area contributed by atoms with Crippen LogP contribution in [0.4, 0.5) is 0 Å². The van der Waals surface area contributed by atoms with Crippen molar-refractivity contribution in [2.45, 2.75) is 0 Å². The van der Waals surface area contributed by atoms with E-state index in [2.05, 4.69) is 93.3 Å². The number of hydrogen-bond donors (Lipinski definition) is 0. The van der Waals surface area contributed by atoms with E-state index in [9.17, 15) is 0 Å². The highest BCUT2D eigenvalue weighted by atomic mass is 15.3. The van der Waals surface area contributed by atoms with Crippen molar-refractivity contribution in [3.8, 4) is 0 Å². The van der Waals surface area contributed by atoms with Crippen molar-refractivity contribution in [1.29, 1.82) is 0 Å². The molecule has 0 spiro atoms. The quantitative estimate of drug-likeness (QED) is 0.314. The van der Waals surface area contributed by atoms with Gasteiger partial charge in [0.15, 0.2) is 0 Å². The smallest absolute Gasteiger partial charge is 0.215 e. The molecule has 4 nitrogen and oxygen atoms in total. The lowest BCUT2D eigenvalue weighted by atomic mass is 10.0. The predicted octanol–water partition coefficient (Wildman–Crippen LogP) is 6.36. The zero-order valence-corrected chi connectivity index (χ0v) is 17.9. The largest absolute Gasteiger partial charge is 0.307 e. The van der Waals surface area contributed by atoms with Crippen LogP contribution in [0.1, 0.15) is 5.56 Å². The van der Waals surface area contributed by atoms with Gasteiger partial charge in [0.05, 0.1) is 16.7 Å². The molecule has 3 aromatic carbocycles. The van der Waals surface area contributed by atoms with E-state index in [4.69, 9.17) is 4.99 Å². The van der Waals surface area contributed by atoms with Crippen LogP contribution in [0.25, 0.3) is 38.2 Å². The summed E-state index contributed by atoms with van der Waals surface area (Å²) in [5.74, 6) is 0.921. The van der Waals surface area contributed by atoms with Crippen LogP contribution in [0.15, 0.2) is 120 Å². The first-order valence-corrected chi connectivity index (χ1v) is 11.1. The van der Waals surface area contributed by atoms with Crippen molar-refractivity contribution >= 4 is 44.1 Å². The maximum Gasteiger partial charge on any atom is 0.215 e. The maximum absolute atomic E-state index is 5.04. The molecule has 0 amide bonds. The van der Waals surface area contributed by atoms with Gasteiger partial charge in [-0.3, -0.25) is 9.55 Å². The van der Waals surface area contributed by atoms with Gasteiger partial charge >= 0.3 is 0 Å². The first kappa shape index (κ1) is 18.2. The highest BCUT2D eigenvalue weighted by Crippen LogP contribution is 2.37. The van der Waals surface area contributed by atoms with Crippen LogP contribution in [0, 0.1) is 0 Å². The molecule has 2 aromatic heterocycles. The molecule has 156 valence electrons. The van der Waals surface area contributed by atoms with E-state index in [-0.39, 0.29) is 0 Å². The van der Waals surface area contributed by atoms with Crippen LogP contribution in [-0.2, 0) is 0 Å². The van der Waals surface area contributed by atoms with Crippen LogP contribution < -0.4 is 0 Å². The van der Waals surface area contributed by atoms with Crippen molar-refractivity contribution in [2.75, 3.05) is 6.54 Å². The summed E-state index contributed by atoms with van der Waals surface area (Å²) in [7, 11) is 0. The molecule has 0 fully saturated rings. The third-order valence-corrected chi connectivity index (χ3v) is 6.55. The molecule has 2 aliphatic heterocycles. The SMILES string of the molecule is C1=CCN2C(=C1)C(c1ccncc1)=CN=C2n1c2ccccc2c2c3ccccc3ccc21. The number of benzene rings is 3. The fourth-order valence-electron chi connectivity index (χ4n) is 5.08. The van der Waals surface area contributed by atoms with Crippen molar-refractivity contribution in [3.63, 3.8) is 0 Å². The molecule has 0 radical (unpaired) electrons. The van der Waals surface area contributed by atoms with Crippen LogP contribution in [0.5, 0.6) is 0 Å². The van der Waals surface area contributed by atoms with Gasteiger partial charge in [-0.2, -0.15) is 0 Å². The van der Waals surface area contributed by atoms with Crippen LogP contribution >= 0.6 is 0 Å². The summed E-state index contributed by atoms with van der Waals surface area (Å²) >= 11 is 0. The molecule has 0 atom stereocenters. The van der Waals surface area contributed by atoms with Crippen LogP contribution in [0.2, 0.25) is 0 Å². The summed E-state index contributed by atoms with van der Waals surface area (Å²) < 4.78 is 2.31. The molecule has 0 saturated carbocycles. The Morgan fingerprint density at radius 1 is 0.758 bits per heavy atom. The molecule has 0 N–H and O–H groups in total. The standard InChI is InChI=1S/C29H20N4/c1-2-8-22-20(7-1)12-13-27-28(22)23-9-3-4-11-26(23)33(27)29-31-19-24(21-14-16-30-17-15-21)25-10-5-6-18-32(25)29/h1-17,19H,18H2. The Balaban J connectivity index is 1.55. The van der Waals surface area contributed by atoms with Crippen molar-refractivity contribution < 1.29 is 0 Å². The Morgan fingerprint density at radius 2 is 1.58 bits per heavy atom. The monoisotopic (exact) mass is 424 g/mol. The topological polar surface area (TPSA) is 33.4 Å². The lowest BCUT2D eigenvalue weighted by Crippen LogP contribution is -2.38. The fourth-order valence-corrected chi connectivity index (χ4v) is 5.08. The van der Waals surface area contributed by atoms with Crippen LogP contribution in [0.3, 0.4) is 0 Å². The zero-order chi connectivity index (χ0) is 21.8. The number of rotatable bonds is 1. The van der Waals surface area contributed by atoms with Crippen LogP contribution in [-0.4, -0.2) is 27.0 Å². The highest BCUT2D eigenvalue weighted by Gasteiger charge is 2.28. The molecule has 4 heteroatoms. The number of hydrogen-bond acceptors (Lipinski definition) is 3. The molecule has 0 unspecified atom stereocenters. The Hall–Kier alpha value is -4.44. The van der Waals surface area contributed by atoms with Gasteiger partial charge < -0.3 is 4.90 Å². The second-order valence-electron chi connectivity index (χ2n) is 8.33. The lowest BCUT2D eigenvalue weighted by Gasteiger charge is -2.34. The van der Waals surface area contributed by atoms with Gasteiger partial charge in [0.1, 0.15) is 0 Å². The third-order valence-electron chi connectivity index (χ3n) is 6.55. The fraction of sp³-hybridized carbons (Fsp3) is 0.0345. The van der Waals surface area contributed by atoms with E-state index >= 15 is 0 Å². The van der Waals surface area contributed by atoms with Crippen molar-refractivity contribution in [1.82, 2.24) is 14.5 Å². The molecule has 5 aromatic rings. The minimum atomic E-state index is 0.772. The summed E-state index contributed by atoms with van der Waals surface area (Å²) in [6, 6.07) is 25.8. The van der Waals surface area contributed by atoms with E-state index in [1.807, 2.05) is 30.7 Å². The second-order valence-corrected chi connectivity index (χ2v) is 8.33. The Kier molecular flexibility index (Phi) is 3.87. The van der Waals surface area contributed by atoms with Gasteiger partial charge in [-0.1, -0.05) is 60.7 Å². The van der Waals surface area contributed by atoms with Gasteiger partial charge in [0.2, 0.25) is 5.96 Å². The van der Waals surface area contributed by atoms with Gasteiger partial charge in [-0.15, -0.1) is 0 Å².